The summed E-state index contributed by atoms with van der Waals surface area (Å²) >= 11 is 0. The Labute approximate surface area is 117 Å². The maximum atomic E-state index is 12.5. The molecule has 1 saturated heterocycles. The second-order valence-electron chi connectivity index (χ2n) is 5.33. The highest BCUT2D eigenvalue weighted by Gasteiger charge is 2.41. The van der Waals surface area contributed by atoms with Crippen molar-refractivity contribution < 1.29 is 14.3 Å². The fourth-order valence-corrected chi connectivity index (χ4v) is 2.46. The second kappa shape index (κ2) is 5.03. The van der Waals surface area contributed by atoms with Gasteiger partial charge in [0.25, 0.3) is 5.91 Å². The Morgan fingerprint density at radius 3 is 2.65 bits per heavy atom. The maximum Gasteiger partial charge on any atom is 0.257 e. The van der Waals surface area contributed by atoms with E-state index in [2.05, 4.69) is 0 Å². The molecular weight excluding hydrogens is 258 g/mol. The third-order valence-corrected chi connectivity index (χ3v) is 3.84. The van der Waals surface area contributed by atoms with Gasteiger partial charge >= 0.3 is 0 Å². The molecule has 6 heteroatoms. The van der Waals surface area contributed by atoms with E-state index in [9.17, 15) is 9.59 Å². The summed E-state index contributed by atoms with van der Waals surface area (Å²) in [5.41, 5.74) is 11.3. The van der Waals surface area contributed by atoms with Crippen LogP contribution < -0.4 is 16.2 Å². The molecule has 0 radical (unpaired) electrons. The number of carbonyl (C=O) groups excluding carboxylic acids is 2. The van der Waals surface area contributed by atoms with E-state index in [0.717, 1.165) is 0 Å². The number of para-hydroxylation sites is 1. The van der Waals surface area contributed by atoms with Gasteiger partial charge in [-0.05, 0) is 25.5 Å². The quantitative estimate of drug-likeness (QED) is 0.791. The molecule has 20 heavy (non-hydrogen) atoms. The largest absolute Gasteiger partial charge is 0.494 e. The number of hydrogen-bond acceptors (Lipinski definition) is 4. The van der Waals surface area contributed by atoms with Crippen LogP contribution >= 0.6 is 0 Å². The molecule has 1 aromatic rings. The highest BCUT2D eigenvalue weighted by Crippen LogP contribution is 2.33. The molecule has 0 aromatic heterocycles. The highest BCUT2D eigenvalue weighted by atomic mass is 16.5. The molecule has 4 N–H and O–H groups in total. The van der Waals surface area contributed by atoms with Crippen LogP contribution in [0, 0.1) is 5.41 Å². The number of nitrogens with zero attached hydrogens (tertiary/aromatic N) is 1. The van der Waals surface area contributed by atoms with Crippen molar-refractivity contribution >= 4 is 17.5 Å². The highest BCUT2D eigenvalue weighted by molar-refractivity contribution is 5.99. The second-order valence-corrected chi connectivity index (χ2v) is 5.33. The lowest BCUT2D eigenvalue weighted by Crippen LogP contribution is -2.38. The molecule has 0 bridgehead atoms. The molecule has 1 aromatic carbocycles. The molecule has 2 rings (SSSR count). The van der Waals surface area contributed by atoms with Crippen LogP contribution in [0.2, 0.25) is 0 Å². The number of likely N-dealkylation sites (tertiary alicyclic amines) is 1. The van der Waals surface area contributed by atoms with Gasteiger partial charge in [0.2, 0.25) is 5.91 Å². The number of hydrogen-bond donors (Lipinski definition) is 2. The Morgan fingerprint density at radius 2 is 2.10 bits per heavy atom. The lowest BCUT2D eigenvalue weighted by molar-refractivity contribution is -0.126. The Balaban J connectivity index is 2.26. The summed E-state index contributed by atoms with van der Waals surface area (Å²) in [4.78, 5) is 25.6. The molecule has 0 saturated carbocycles. The summed E-state index contributed by atoms with van der Waals surface area (Å²) < 4.78 is 5.19. The number of nitrogens with two attached hydrogens (primary N) is 2. The predicted molar refractivity (Wildman–Crippen MR) is 75.2 cm³/mol. The SMILES string of the molecule is COc1c(N)cccc1C(=O)N1CCC(C)(C(N)=O)C1. The molecule has 2 amide bonds. The van der Waals surface area contributed by atoms with E-state index < -0.39 is 5.41 Å². The first-order chi connectivity index (χ1) is 9.39. The molecule has 1 heterocycles. The third-order valence-electron chi connectivity index (χ3n) is 3.84. The lowest BCUT2D eigenvalue weighted by atomic mass is 9.89. The minimum atomic E-state index is -0.663. The summed E-state index contributed by atoms with van der Waals surface area (Å²) in [6, 6.07) is 5.04. The van der Waals surface area contributed by atoms with Gasteiger partial charge in [0.15, 0.2) is 5.75 Å². The Kier molecular flexibility index (Phi) is 3.57. The van der Waals surface area contributed by atoms with Crippen LogP contribution in [-0.4, -0.2) is 36.9 Å². The van der Waals surface area contributed by atoms with E-state index >= 15 is 0 Å². The maximum absolute atomic E-state index is 12.5. The lowest BCUT2D eigenvalue weighted by Gasteiger charge is -2.22. The van der Waals surface area contributed by atoms with Crippen molar-refractivity contribution in [1.82, 2.24) is 4.90 Å². The minimum absolute atomic E-state index is 0.195. The van der Waals surface area contributed by atoms with E-state index in [1.807, 2.05) is 0 Å². The monoisotopic (exact) mass is 277 g/mol. The van der Waals surface area contributed by atoms with Crippen molar-refractivity contribution in [2.24, 2.45) is 11.1 Å². The topological polar surface area (TPSA) is 98.7 Å². The van der Waals surface area contributed by atoms with Crippen molar-refractivity contribution in [3.63, 3.8) is 0 Å². The molecule has 1 aliphatic heterocycles. The fourth-order valence-electron chi connectivity index (χ4n) is 2.46. The van der Waals surface area contributed by atoms with Crippen LogP contribution in [0.25, 0.3) is 0 Å². The first-order valence-corrected chi connectivity index (χ1v) is 6.41. The molecule has 0 aliphatic carbocycles. The molecule has 1 atom stereocenters. The van der Waals surface area contributed by atoms with Crippen molar-refractivity contribution in [2.45, 2.75) is 13.3 Å². The normalized spacial score (nSPS) is 21.8. The summed E-state index contributed by atoms with van der Waals surface area (Å²) in [6.07, 6.45) is 0.568. The number of anilines is 1. The number of benzene rings is 1. The van der Waals surface area contributed by atoms with E-state index in [1.54, 1.807) is 30.0 Å². The summed E-state index contributed by atoms with van der Waals surface area (Å²) in [5, 5.41) is 0. The van der Waals surface area contributed by atoms with Crippen LogP contribution in [0.3, 0.4) is 0 Å². The number of amides is 2. The zero-order valence-electron chi connectivity index (χ0n) is 11.7. The summed E-state index contributed by atoms with van der Waals surface area (Å²) in [7, 11) is 1.47. The average molecular weight is 277 g/mol. The van der Waals surface area contributed by atoms with Crippen LogP contribution in [0.5, 0.6) is 5.75 Å². The van der Waals surface area contributed by atoms with Gasteiger partial charge in [-0.1, -0.05) is 6.07 Å². The van der Waals surface area contributed by atoms with Crippen LogP contribution in [-0.2, 0) is 4.79 Å². The van der Waals surface area contributed by atoms with E-state index in [0.29, 0.717) is 36.5 Å². The van der Waals surface area contributed by atoms with Crippen LogP contribution in [0.4, 0.5) is 5.69 Å². The summed E-state index contributed by atoms with van der Waals surface area (Å²) in [6.45, 7) is 2.59. The molecule has 1 fully saturated rings. The van der Waals surface area contributed by atoms with Gasteiger partial charge in [0.05, 0.1) is 23.8 Å². The van der Waals surface area contributed by atoms with Gasteiger partial charge in [-0.25, -0.2) is 0 Å². The number of rotatable bonds is 3. The molecule has 1 unspecified atom stereocenters. The van der Waals surface area contributed by atoms with Gasteiger partial charge in [-0.3, -0.25) is 9.59 Å². The van der Waals surface area contributed by atoms with Crippen LogP contribution in [0.15, 0.2) is 18.2 Å². The first kappa shape index (κ1) is 14.2. The minimum Gasteiger partial charge on any atom is -0.494 e. The van der Waals surface area contributed by atoms with Crippen molar-refractivity contribution in [3.8, 4) is 5.75 Å². The Bertz CT molecular complexity index is 559. The first-order valence-electron chi connectivity index (χ1n) is 6.41. The van der Waals surface area contributed by atoms with Crippen molar-refractivity contribution in [2.75, 3.05) is 25.9 Å². The molecule has 108 valence electrons. The van der Waals surface area contributed by atoms with E-state index in [-0.39, 0.29) is 11.8 Å². The molecular formula is C14H19N3O3. The van der Waals surface area contributed by atoms with Crippen LogP contribution in [0.1, 0.15) is 23.7 Å². The summed E-state index contributed by atoms with van der Waals surface area (Å²) in [5.74, 6) is -0.211. The molecule has 0 spiro atoms. The zero-order chi connectivity index (χ0) is 14.9. The molecule has 6 nitrogen and oxygen atoms in total. The van der Waals surface area contributed by atoms with Gasteiger partial charge in [0.1, 0.15) is 0 Å². The van der Waals surface area contributed by atoms with Crippen molar-refractivity contribution in [3.05, 3.63) is 23.8 Å². The molecule has 1 aliphatic rings. The Morgan fingerprint density at radius 1 is 1.40 bits per heavy atom. The number of primary amides is 1. The zero-order valence-corrected chi connectivity index (χ0v) is 11.7. The van der Waals surface area contributed by atoms with Gasteiger partial charge in [0, 0.05) is 13.1 Å². The number of methoxy groups -OCH3 is 1. The number of ether oxygens (including phenoxy) is 1. The van der Waals surface area contributed by atoms with E-state index in [4.69, 9.17) is 16.2 Å². The number of carbonyl (C=O) groups is 2. The van der Waals surface area contributed by atoms with E-state index in [1.165, 1.54) is 7.11 Å². The standard InChI is InChI=1S/C14H19N3O3/c1-14(13(16)19)6-7-17(8-14)12(18)9-4-3-5-10(15)11(9)20-2/h3-5H,6-8,15H2,1-2H3,(H2,16,19). The van der Waals surface area contributed by atoms with Gasteiger partial charge < -0.3 is 21.1 Å². The third kappa shape index (κ3) is 2.29. The number of nitrogen functional groups attached to an aromatic ring is 1. The van der Waals surface area contributed by atoms with Gasteiger partial charge in [-0.15, -0.1) is 0 Å². The predicted octanol–water partition coefficient (Wildman–Crippen LogP) is 0.615. The fraction of sp³-hybridized carbons (Fsp3) is 0.429. The Hall–Kier alpha value is -2.24. The van der Waals surface area contributed by atoms with Crippen molar-refractivity contribution in [1.29, 1.82) is 0 Å². The average Bonchev–Trinajstić information content (AvgIpc) is 2.82. The smallest absolute Gasteiger partial charge is 0.257 e. The van der Waals surface area contributed by atoms with Gasteiger partial charge in [-0.2, -0.15) is 0 Å².